The Bertz CT molecular complexity index is 394. The van der Waals surface area contributed by atoms with E-state index in [-0.39, 0.29) is 18.2 Å². The Labute approximate surface area is 138 Å². The van der Waals surface area contributed by atoms with Crippen molar-refractivity contribution in [1.29, 1.82) is 0 Å². The highest BCUT2D eigenvalue weighted by Crippen LogP contribution is 2.17. The Hall–Kier alpha value is -1.50. The number of nitrogens with zero attached hydrogens (tertiary/aromatic N) is 1. The smallest absolute Gasteiger partial charge is 0.409 e. The molecule has 0 saturated carbocycles. The highest BCUT2D eigenvalue weighted by atomic mass is 16.6. The van der Waals surface area contributed by atoms with Gasteiger partial charge in [0, 0.05) is 13.2 Å². The average molecular weight is 330 g/mol. The van der Waals surface area contributed by atoms with Crippen molar-refractivity contribution in [3.8, 4) is 0 Å². The van der Waals surface area contributed by atoms with E-state index >= 15 is 0 Å². The zero-order chi connectivity index (χ0) is 17.5. The first-order valence-corrected chi connectivity index (χ1v) is 8.29. The van der Waals surface area contributed by atoms with Crippen LogP contribution in [0.4, 0.5) is 9.59 Å². The van der Waals surface area contributed by atoms with Crippen LogP contribution in [0.2, 0.25) is 0 Å². The largest absolute Gasteiger partial charge is 0.450 e. The molecule has 7 heteroatoms. The van der Waals surface area contributed by atoms with Crippen molar-refractivity contribution >= 4 is 12.2 Å². The molecule has 0 aliphatic carbocycles. The van der Waals surface area contributed by atoms with Gasteiger partial charge in [0.1, 0.15) is 5.60 Å². The number of carbonyl (C=O) groups excluding carboxylic acids is 2. The Morgan fingerprint density at radius 1 is 1.26 bits per heavy atom. The Balaban J connectivity index is 2.63. The summed E-state index contributed by atoms with van der Waals surface area (Å²) in [6.07, 6.45) is 0.410. The maximum atomic E-state index is 12.0. The van der Waals surface area contributed by atoms with E-state index in [1.54, 1.807) is 11.8 Å². The molecule has 134 valence electrons. The number of hydrogen-bond donors (Lipinski definition) is 1. The summed E-state index contributed by atoms with van der Waals surface area (Å²) in [4.78, 5) is 25.5. The lowest BCUT2D eigenvalue weighted by atomic mass is 10.0. The molecule has 0 radical (unpaired) electrons. The Kier molecular flexibility index (Phi) is 7.61. The van der Waals surface area contributed by atoms with E-state index in [9.17, 15) is 9.59 Å². The van der Waals surface area contributed by atoms with Crippen molar-refractivity contribution in [3.05, 3.63) is 0 Å². The van der Waals surface area contributed by atoms with Crippen molar-refractivity contribution in [2.24, 2.45) is 0 Å². The third kappa shape index (κ3) is 7.07. The number of alkyl carbamates (subject to hydrolysis) is 1. The van der Waals surface area contributed by atoms with Crippen LogP contribution in [0.25, 0.3) is 0 Å². The summed E-state index contributed by atoms with van der Waals surface area (Å²) in [5.74, 6) is 0. The molecule has 1 aliphatic heterocycles. The van der Waals surface area contributed by atoms with Gasteiger partial charge in [-0.1, -0.05) is 6.92 Å². The number of rotatable bonds is 5. The van der Waals surface area contributed by atoms with Crippen molar-refractivity contribution in [3.63, 3.8) is 0 Å². The number of nitrogens with one attached hydrogen (secondary N) is 1. The Morgan fingerprint density at radius 2 is 1.96 bits per heavy atom. The fraction of sp³-hybridized carbons (Fsp3) is 0.875. The topological polar surface area (TPSA) is 77.1 Å². The second-order valence-electron chi connectivity index (χ2n) is 6.60. The summed E-state index contributed by atoms with van der Waals surface area (Å²) in [6, 6.07) is -0.179. The number of ether oxygens (including phenoxy) is 3. The van der Waals surface area contributed by atoms with E-state index in [0.717, 1.165) is 6.42 Å². The molecule has 2 unspecified atom stereocenters. The molecule has 0 spiro atoms. The predicted molar refractivity (Wildman–Crippen MR) is 86.4 cm³/mol. The van der Waals surface area contributed by atoms with Crippen molar-refractivity contribution in [1.82, 2.24) is 10.2 Å². The lowest BCUT2D eigenvalue weighted by molar-refractivity contribution is -0.0245. The highest BCUT2D eigenvalue weighted by Gasteiger charge is 2.34. The fourth-order valence-electron chi connectivity index (χ4n) is 2.36. The zero-order valence-corrected chi connectivity index (χ0v) is 14.9. The number of hydrogen-bond acceptors (Lipinski definition) is 5. The second kappa shape index (κ2) is 8.96. The maximum absolute atomic E-state index is 12.0. The van der Waals surface area contributed by atoms with Crippen LogP contribution >= 0.6 is 0 Å². The van der Waals surface area contributed by atoms with Gasteiger partial charge in [-0.15, -0.1) is 0 Å². The molecule has 0 bridgehead atoms. The van der Waals surface area contributed by atoms with Crippen LogP contribution in [0.1, 0.15) is 47.5 Å². The van der Waals surface area contributed by atoms with Crippen molar-refractivity contribution in [2.75, 3.05) is 26.3 Å². The van der Waals surface area contributed by atoms with Gasteiger partial charge in [0.05, 0.1) is 25.3 Å². The molecule has 1 aliphatic rings. The van der Waals surface area contributed by atoms with Gasteiger partial charge in [-0.3, -0.25) is 0 Å². The molecule has 2 amide bonds. The molecule has 1 fully saturated rings. The van der Waals surface area contributed by atoms with Crippen LogP contribution in [-0.2, 0) is 14.2 Å². The molecule has 1 heterocycles. The first-order valence-electron chi connectivity index (χ1n) is 8.29. The van der Waals surface area contributed by atoms with Gasteiger partial charge in [-0.2, -0.15) is 0 Å². The highest BCUT2D eigenvalue weighted by molar-refractivity contribution is 5.69. The molecule has 7 nitrogen and oxygen atoms in total. The van der Waals surface area contributed by atoms with Crippen LogP contribution in [0.3, 0.4) is 0 Å². The van der Waals surface area contributed by atoms with Gasteiger partial charge in [0.2, 0.25) is 0 Å². The molecule has 0 aromatic carbocycles. The summed E-state index contributed by atoms with van der Waals surface area (Å²) in [5, 5.41) is 2.86. The molecule has 2 atom stereocenters. The van der Waals surface area contributed by atoms with E-state index in [0.29, 0.717) is 32.7 Å². The summed E-state index contributed by atoms with van der Waals surface area (Å²) in [7, 11) is 0. The third-order valence-electron chi connectivity index (χ3n) is 3.32. The van der Waals surface area contributed by atoms with Crippen LogP contribution < -0.4 is 5.32 Å². The number of piperidine rings is 1. The first-order chi connectivity index (χ1) is 10.8. The number of likely N-dealkylation sites (tertiary alicyclic amines) is 1. The molecule has 0 aromatic rings. The van der Waals surface area contributed by atoms with Crippen molar-refractivity contribution < 1.29 is 23.8 Å². The monoisotopic (exact) mass is 330 g/mol. The van der Waals surface area contributed by atoms with Crippen LogP contribution in [0.5, 0.6) is 0 Å². The van der Waals surface area contributed by atoms with E-state index in [1.165, 1.54) is 0 Å². The summed E-state index contributed by atoms with van der Waals surface area (Å²) >= 11 is 0. The van der Waals surface area contributed by atoms with Crippen LogP contribution in [-0.4, -0.2) is 61.1 Å². The number of carbonyl (C=O) groups is 2. The quantitative estimate of drug-likeness (QED) is 0.838. The molecule has 1 saturated heterocycles. The molecule has 1 N–H and O–H groups in total. The van der Waals surface area contributed by atoms with E-state index in [2.05, 4.69) is 5.32 Å². The summed E-state index contributed by atoms with van der Waals surface area (Å²) < 4.78 is 16.1. The van der Waals surface area contributed by atoms with Crippen LogP contribution in [0, 0.1) is 0 Å². The van der Waals surface area contributed by atoms with E-state index in [4.69, 9.17) is 14.2 Å². The van der Waals surface area contributed by atoms with Gasteiger partial charge >= 0.3 is 12.2 Å². The normalized spacial score (nSPS) is 21.7. The molecular weight excluding hydrogens is 300 g/mol. The lowest BCUT2D eigenvalue weighted by Crippen LogP contribution is -2.56. The average Bonchev–Trinajstić information content (AvgIpc) is 2.44. The molecular formula is C16H30N2O5. The van der Waals surface area contributed by atoms with Gasteiger partial charge in [-0.05, 0) is 40.5 Å². The SMILES string of the molecule is CCCOC1CN(C(=O)OCC)CCC1NC(=O)OC(C)(C)C. The predicted octanol–water partition coefficient (Wildman–Crippen LogP) is 2.54. The van der Waals surface area contributed by atoms with Gasteiger partial charge in [-0.25, -0.2) is 9.59 Å². The molecule has 23 heavy (non-hydrogen) atoms. The minimum Gasteiger partial charge on any atom is -0.450 e. The van der Waals surface area contributed by atoms with Crippen molar-refractivity contribution in [2.45, 2.75) is 65.2 Å². The molecule has 1 rings (SSSR count). The second-order valence-corrected chi connectivity index (χ2v) is 6.60. The standard InChI is InChI=1S/C16H30N2O5/c1-6-10-22-13-11-18(15(20)21-7-2)9-8-12(13)17-14(19)23-16(3,4)5/h12-13H,6-11H2,1-5H3,(H,17,19). The molecule has 0 aromatic heterocycles. The lowest BCUT2D eigenvalue weighted by Gasteiger charge is -2.38. The van der Waals surface area contributed by atoms with Gasteiger partial charge < -0.3 is 24.4 Å². The summed E-state index contributed by atoms with van der Waals surface area (Å²) in [5.41, 5.74) is -0.546. The summed E-state index contributed by atoms with van der Waals surface area (Å²) in [6.45, 7) is 11.1. The maximum Gasteiger partial charge on any atom is 0.409 e. The van der Waals surface area contributed by atoms with Gasteiger partial charge in [0.15, 0.2) is 0 Å². The van der Waals surface area contributed by atoms with Gasteiger partial charge in [0.25, 0.3) is 0 Å². The minimum atomic E-state index is -0.546. The third-order valence-corrected chi connectivity index (χ3v) is 3.32. The Morgan fingerprint density at radius 3 is 2.52 bits per heavy atom. The fourth-order valence-corrected chi connectivity index (χ4v) is 2.36. The van der Waals surface area contributed by atoms with E-state index in [1.807, 2.05) is 27.7 Å². The number of amides is 2. The first kappa shape index (κ1) is 19.5. The zero-order valence-electron chi connectivity index (χ0n) is 14.9. The van der Waals surface area contributed by atoms with Crippen LogP contribution in [0.15, 0.2) is 0 Å². The minimum absolute atomic E-state index is 0.179. The van der Waals surface area contributed by atoms with E-state index < -0.39 is 11.7 Å².